The molecule has 0 aromatic heterocycles. The van der Waals surface area contributed by atoms with Crippen LogP contribution in [0, 0.1) is 0 Å². The first-order chi connectivity index (χ1) is 16.3. The fourth-order valence-corrected chi connectivity index (χ4v) is 4.58. The van der Waals surface area contributed by atoms with Crippen LogP contribution in [0.15, 0.2) is 48.5 Å². The molecule has 0 saturated carbocycles. The van der Waals surface area contributed by atoms with E-state index in [1.807, 2.05) is 24.3 Å². The molecule has 4 rings (SSSR count). The fraction of sp³-hybridized carbons (Fsp3) is 0.480. The van der Waals surface area contributed by atoms with Gasteiger partial charge in [-0.15, -0.1) is 0 Å². The van der Waals surface area contributed by atoms with Crippen molar-refractivity contribution in [1.29, 1.82) is 0 Å². The smallest absolute Gasteiger partial charge is 0.416 e. The number of alkyl halides is 3. The first kappa shape index (κ1) is 24.5. The van der Waals surface area contributed by atoms with Gasteiger partial charge in [0.15, 0.2) is 0 Å². The summed E-state index contributed by atoms with van der Waals surface area (Å²) in [7, 11) is 0. The van der Waals surface area contributed by atoms with Crippen molar-refractivity contribution in [3.63, 3.8) is 0 Å². The van der Waals surface area contributed by atoms with Crippen LogP contribution in [0.3, 0.4) is 0 Å². The maximum absolute atomic E-state index is 12.8. The number of amides is 1. The van der Waals surface area contributed by atoms with E-state index in [2.05, 4.69) is 16.0 Å². The molecule has 4 atom stereocenters. The van der Waals surface area contributed by atoms with Crippen LogP contribution in [0.25, 0.3) is 11.1 Å². The lowest BCUT2D eigenvalue weighted by atomic mass is 9.98. The summed E-state index contributed by atoms with van der Waals surface area (Å²) in [5, 5.41) is 19.7. The lowest BCUT2D eigenvalue weighted by Crippen LogP contribution is -2.42. The lowest BCUT2D eigenvalue weighted by Gasteiger charge is -2.22. The number of carbonyl (C=O) groups is 1. The molecule has 2 aromatic rings. The van der Waals surface area contributed by atoms with E-state index < -0.39 is 30.0 Å². The number of aliphatic hydroxyl groups is 1. The summed E-state index contributed by atoms with van der Waals surface area (Å²) in [6.07, 6.45) is -2.71. The first-order valence-corrected chi connectivity index (χ1v) is 11.7. The summed E-state index contributed by atoms with van der Waals surface area (Å²) in [5.41, 5.74) is 1.79. The molecule has 2 heterocycles. The van der Waals surface area contributed by atoms with E-state index >= 15 is 0 Å². The van der Waals surface area contributed by atoms with Gasteiger partial charge in [-0.25, -0.2) is 4.79 Å². The van der Waals surface area contributed by atoms with E-state index in [1.54, 1.807) is 0 Å². The topological polar surface area (TPSA) is 82.6 Å². The lowest BCUT2D eigenvalue weighted by molar-refractivity contribution is -0.137. The van der Waals surface area contributed by atoms with Gasteiger partial charge < -0.3 is 25.8 Å². The van der Waals surface area contributed by atoms with Crippen LogP contribution in [-0.4, -0.2) is 55.1 Å². The predicted molar refractivity (Wildman–Crippen MR) is 122 cm³/mol. The van der Waals surface area contributed by atoms with Crippen molar-refractivity contribution in [2.75, 3.05) is 19.6 Å². The Labute approximate surface area is 196 Å². The van der Waals surface area contributed by atoms with Crippen LogP contribution >= 0.6 is 0 Å². The van der Waals surface area contributed by atoms with Crippen molar-refractivity contribution >= 4 is 6.09 Å². The summed E-state index contributed by atoms with van der Waals surface area (Å²) in [5.74, 6) is 0. The monoisotopic (exact) mass is 477 g/mol. The van der Waals surface area contributed by atoms with E-state index in [9.17, 15) is 23.1 Å². The molecule has 0 unspecified atom stereocenters. The second-order valence-electron chi connectivity index (χ2n) is 8.94. The Morgan fingerprint density at radius 1 is 1.06 bits per heavy atom. The van der Waals surface area contributed by atoms with Crippen molar-refractivity contribution in [1.82, 2.24) is 16.0 Å². The fourth-order valence-electron chi connectivity index (χ4n) is 4.58. The highest BCUT2D eigenvalue weighted by Crippen LogP contribution is 2.31. The predicted octanol–water partition coefficient (Wildman–Crippen LogP) is 3.48. The molecule has 9 heteroatoms. The molecule has 34 heavy (non-hydrogen) atoms. The molecular formula is C25H30F3N3O3. The van der Waals surface area contributed by atoms with Crippen LogP contribution in [0.4, 0.5) is 18.0 Å². The third-order valence-electron chi connectivity index (χ3n) is 6.49. The van der Waals surface area contributed by atoms with Gasteiger partial charge in [-0.2, -0.15) is 13.2 Å². The highest BCUT2D eigenvalue weighted by molar-refractivity contribution is 5.67. The maximum atomic E-state index is 12.8. The molecule has 2 aliphatic heterocycles. The summed E-state index contributed by atoms with van der Waals surface area (Å²) in [6.45, 7) is 1.86. The molecule has 4 N–H and O–H groups in total. The number of nitrogens with one attached hydrogen (secondary N) is 3. The standard InChI is InChI=1S/C25H30F3N3O3/c26-25(27,28)19-9-7-18(8-10-19)17-5-3-16(4-6-17)14-21-23(22(32)15-31-21)34-24(33)30-13-11-20-2-1-12-29-20/h3-10,20-23,29,31-32H,1-2,11-15H2,(H,30,33)/t20-,21-,22+,23+/m1/s1. The van der Waals surface area contributed by atoms with Crippen LogP contribution in [0.2, 0.25) is 0 Å². The van der Waals surface area contributed by atoms with Crippen LogP contribution < -0.4 is 16.0 Å². The van der Waals surface area contributed by atoms with Gasteiger partial charge in [-0.05, 0) is 61.1 Å². The van der Waals surface area contributed by atoms with Crippen molar-refractivity contribution in [3.8, 4) is 11.1 Å². The zero-order valence-electron chi connectivity index (χ0n) is 18.8. The molecule has 1 amide bonds. The zero-order chi connectivity index (χ0) is 24.1. The van der Waals surface area contributed by atoms with E-state index in [0.717, 1.165) is 49.1 Å². The van der Waals surface area contributed by atoms with Crippen molar-refractivity contribution < 1.29 is 27.8 Å². The third kappa shape index (κ3) is 6.28. The number of hydrogen-bond acceptors (Lipinski definition) is 5. The van der Waals surface area contributed by atoms with Crippen molar-refractivity contribution in [2.24, 2.45) is 0 Å². The van der Waals surface area contributed by atoms with Crippen LogP contribution in [-0.2, 0) is 17.3 Å². The van der Waals surface area contributed by atoms with Crippen LogP contribution in [0.5, 0.6) is 0 Å². The molecule has 0 radical (unpaired) electrons. The van der Waals surface area contributed by atoms with Gasteiger partial charge in [-0.1, -0.05) is 36.4 Å². The number of aliphatic hydroxyl groups excluding tert-OH is 1. The number of β-amino-alcohol motifs (C(OH)–C–C–N with tert-alkyl or cyclic N) is 1. The SMILES string of the molecule is O=C(NCC[C@H]1CCCN1)O[C@@H]1[C@@H](O)CN[C@@H]1Cc1ccc(-c2ccc(C(F)(F)F)cc2)cc1. The summed E-state index contributed by atoms with van der Waals surface area (Å²) in [6, 6.07) is 12.7. The minimum absolute atomic E-state index is 0.242. The average molecular weight is 478 g/mol. The summed E-state index contributed by atoms with van der Waals surface area (Å²) < 4.78 is 43.8. The number of alkyl carbamates (subject to hydrolysis) is 1. The quantitative estimate of drug-likeness (QED) is 0.491. The molecule has 0 bridgehead atoms. The largest absolute Gasteiger partial charge is 0.442 e. The molecule has 2 aromatic carbocycles. The highest BCUT2D eigenvalue weighted by Gasteiger charge is 2.37. The molecule has 0 spiro atoms. The highest BCUT2D eigenvalue weighted by atomic mass is 19.4. The average Bonchev–Trinajstić information content (AvgIpc) is 3.45. The normalized spacial score (nSPS) is 24.8. The van der Waals surface area contributed by atoms with E-state index in [-0.39, 0.29) is 6.04 Å². The Balaban J connectivity index is 1.30. The van der Waals surface area contributed by atoms with Gasteiger partial charge in [0.25, 0.3) is 0 Å². The Kier molecular flexibility index (Phi) is 7.75. The minimum atomic E-state index is -4.36. The number of carbonyl (C=O) groups excluding carboxylic acids is 1. The second kappa shape index (κ2) is 10.8. The van der Waals surface area contributed by atoms with Crippen LogP contribution in [0.1, 0.15) is 30.4 Å². The van der Waals surface area contributed by atoms with Gasteiger partial charge in [0.2, 0.25) is 0 Å². The molecule has 6 nitrogen and oxygen atoms in total. The maximum Gasteiger partial charge on any atom is 0.416 e. The Morgan fingerprint density at radius 2 is 1.74 bits per heavy atom. The number of hydrogen-bond donors (Lipinski definition) is 4. The zero-order valence-corrected chi connectivity index (χ0v) is 18.8. The molecule has 184 valence electrons. The van der Waals surface area contributed by atoms with Gasteiger partial charge >= 0.3 is 12.3 Å². The van der Waals surface area contributed by atoms with Gasteiger partial charge in [-0.3, -0.25) is 0 Å². The first-order valence-electron chi connectivity index (χ1n) is 11.7. The van der Waals surface area contributed by atoms with Gasteiger partial charge in [0.05, 0.1) is 11.6 Å². The molecule has 2 saturated heterocycles. The third-order valence-corrected chi connectivity index (χ3v) is 6.49. The summed E-state index contributed by atoms with van der Waals surface area (Å²) in [4.78, 5) is 12.2. The minimum Gasteiger partial charge on any atom is -0.442 e. The molecule has 0 aliphatic carbocycles. The summed E-state index contributed by atoms with van der Waals surface area (Å²) >= 11 is 0. The van der Waals surface area contributed by atoms with Crippen molar-refractivity contribution in [2.45, 2.75) is 56.2 Å². The number of ether oxygens (including phenoxy) is 1. The van der Waals surface area contributed by atoms with Gasteiger partial charge in [0.1, 0.15) is 12.2 Å². The van der Waals surface area contributed by atoms with Crippen molar-refractivity contribution in [3.05, 3.63) is 59.7 Å². The van der Waals surface area contributed by atoms with E-state index in [4.69, 9.17) is 4.74 Å². The van der Waals surface area contributed by atoms with E-state index in [1.165, 1.54) is 12.1 Å². The Bertz CT molecular complexity index is 945. The Morgan fingerprint density at radius 3 is 2.35 bits per heavy atom. The van der Waals surface area contributed by atoms with E-state index in [0.29, 0.717) is 31.1 Å². The van der Waals surface area contributed by atoms with Gasteiger partial charge in [0, 0.05) is 19.1 Å². The molecular weight excluding hydrogens is 447 g/mol. The molecule has 2 fully saturated rings. The molecule has 2 aliphatic rings. The number of halogens is 3. The Hall–Kier alpha value is -2.62. The number of rotatable bonds is 7. The number of benzene rings is 2. The second-order valence-corrected chi connectivity index (χ2v) is 8.94.